The van der Waals surface area contributed by atoms with Crippen molar-refractivity contribution in [2.45, 2.75) is 25.8 Å². The molecule has 6 nitrogen and oxygen atoms in total. The number of amides is 1. The fraction of sp³-hybridized carbons (Fsp3) is 0.476. The SMILES string of the molecule is COc1cccc(CN2CCCC3(CCN(C(=O)c4cnccn4)C3)C2)c1. The Morgan fingerprint density at radius 2 is 2.15 bits per heavy atom. The van der Waals surface area contributed by atoms with Gasteiger partial charge in [-0.05, 0) is 43.5 Å². The summed E-state index contributed by atoms with van der Waals surface area (Å²) in [5, 5.41) is 0. The maximum absolute atomic E-state index is 12.7. The number of carbonyl (C=O) groups excluding carboxylic acids is 1. The lowest BCUT2D eigenvalue weighted by molar-refractivity contribution is 0.0670. The van der Waals surface area contributed by atoms with E-state index in [0.29, 0.717) is 5.69 Å². The van der Waals surface area contributed by atoms with E-state index in [0.717, 1.165) is 44.9 Å². The minimum absolute atomic E-state index is 0.00453. The second-order valence-electron chi connectivity index (χ2n) is 7.73. The lowest BCUT2D eigenvalue weighted by atomic mass is 9.79. The second kappa shape index (κ2) is 7.64. The molecule has 3 heterocycles. The minimum Gasteiger partial charge on any atom is -0.497 e. The number of hydrogen-bond acceptors (Lipinski definition) is 5. The van der Waals surface area contributed by atoms with Gasteiger partial charge in [0.15, 0.2) is 0 Å². The van der Waals surface area contributed by atoms with Crippen molar-refractivity contribution < 1.29 is 9.53 Å². The summed E-state index contributed by atoms with van der Waals surface area (Å²) in [7, 11) is 1.70. The van der Waals surface area contributed by atoms with Crippen molar-refractivity contribution in [2.75, 3.05) is 33.3 Å². The third-order valence-electron chi connectivity index (χ3n) is 5.79. The molecule has 142 valence electrons. The standard InChI is InChI=1S/C21H26N4O2/c1-27-18-5-2-4-17(12-18)14-24-10-3-6-21(15-24)7-11-25(16-21)20(26)19-13-22-8-9-23-19/h2,4-5,8-9,12-13H,3,6-7,10-11,14-16H2,1H3. The maximum atomic E-state index is 12.7. The third kappa shape index (κ3) is 3.95. The molecule has 2 aromatic rings. The van der Waals surface area contributed by atoms with Gasteiger partial charge in [-0.3, -0.25) is 14.7 Å². The number of nitrogens with zero attached hydrogens (tertiary/aromatic N) is 4. The highest BCUT2D eigenvalue weighted by atomic mass is 16.5. The molecule has 0 bridgehead atoms. The highest BCUT2D eigenvalue weighted by Crippen LogP contribution is 2.39. The van der Waals surface area contributed by atoms with Gasteiger partial charge in [0.25, 0.3) is 5.91 Å². The zero-order valence-electron chi connectivity index (χ0n) is 15.8. The molecule has 0 saturated carbocycles. The second-order valence-corrected chi connectivity index (χ2v) is 7.73. The van der Waals surface area contributed by atoms with Crippen molar-refractivity contribution in [2.24, 2.45) is 5.41 Å². The summed E-state index contributed by atoms with van der Waals surface area (Å²) in [5.41, 5.74) is 1.92. The number of aromatic nitrogens is 2. The van der Waals surface area contributed by atoms with Crippen molar-refractivity contribution in [3.05, 3.63) is 54.1 Å². The lowest BCUT2D eigenvalue weighted by Crippen LogP contribution is -2.45. The van der Waals surface area contributed by atoms with Crippen LogP contribution in [0.5, 0.6) is 5.75 Å². The topological polar surface area (TPSA) is 58.6 Å². The Morgan fingerprint density at radius 1 is 1.22 bits per heavy atom. The number of likely N-dealkylation sites (tertiary alicyclic amines) is 2. The number of carbonyl (C=O) groups is 1. The summed E-state index contributed by atoms with van der Waals surface area (Å²) in [6.45, 7) is 4.70. The first-order chi connectivity index (χ1) is 13.2. The normalized spacial score (nSPS) is 22.9. The van der Waals surface area contributed by atoms with E-state index in [4.69, 9.17) is 4.74 Å². The first kappa shape index (κ1) is 17.9. The Bertz CT molecular complexity index is 798. The molecule has 2 aliphatic rings. The summed E-state index contributed by atoms with van der Waals surface area (Å²) >= 11 is 0. The molecule has 27 heavy (non-hydrogen) atoms. The predicted molar refractivity (Wildman–Crippen MR) is 102 cm³/mol. The molecule has 2 fully saturated rings. The molecule has 0 N–H and O–H groups in total. The molecule has 6 heteroatoms. The molecule has 1 aromatic heterocycles. The summed E-state index contributed by atoms with van der Waals surface area (Å²) in [4.78, 5) is 25.4. The van der Waals surface area contributed by atoms with Crippen LogP contribution < -0.4 is 4.74 Å². The van der Waals surface area contributed by atoms with E-state index in [-0.39, 0.29) is 11.3 Å². The Labute approximate surface area is 160 Å². The first-order valence-electron chi connectivity index (χ1n) is 9.58. The van der Waals surface area contributed by atoms with Crippen LogP contribution in [0.2, 0.25) is 0 Å². The van der Waals surface area contributed by atoms with Crippen molar-refractivity contribution in [3.8, 4) is 5.75 Å². The van der Waals surface area contributed by atoms with Gasteiger partial charge in [-0.15, -0.1) is 0 Å². The Morgan fingerprint density at radius 3 is 2.96 bits per heavy atom. The lowest BCUT2D eigenvalue weighted by Gasteiger charge is -2.40. The highest BCUT2D eigenvalue weighted by molar-refractivity contribution is 5.92. The van der Waals surface area contributed by atoms with Gasteiger partial charge in [0.05, 0.1) is 13.3 Å². The van der Waals surface area contributed by atoms with E-state index in [9.17, 15) is 4.79 Å². The third-order valence-corrected chi connectivity index (χ3v) is 5.79. The average Bonchev–Trinajstić information content (AvgIpc) is 3.11. The van der Waals surface area contributed by atoms with Crippen LogP contribution in [0.3, 0.4) is 0 Å². The molecule has 1 amide bonds. The van der Waals surface area contributed by atoms with E-state index in [1.54, 1.807) is 25.7 Å². The predicted octanol–water partition coefficient (Wildman–Crippen LogP) is 2.61. The van der Waals surface area contributed by atoms with Crippen LogP contribution in [0.4, 0.5) is 0 Å². The number of piperidine rings is 1. The highest BCUT2D eigenvalue weighted by Gasteiger charge is 2.43. The number of ether oxygens (including phenoxy) is 1. The molecule has 0 aliphatic carbocycles. The van der Waals surface area contributed by atoms with E-state index in [1.165, 1.54) is 18.4 Å². The monoisotopic (exact) mass is 366 g/mol. The fourth-order valence-electron chi connectivity index (χ4n) is 4.49. The number of hydrogen-bond donors (Lipinski definition) is 0. The van der Waals surface area contributed by atoms with E-state index >= 15 is 0 Å². The molecule has 1 atom stereocenters. The minimum atomic E-state index is 0.00453. The van der Waals surface area contributed by atoms with Crippen LogP contribution in [0.25, 0.3) is 0 Å². The molecule has 4 rings (SSSR count). The molecular weight excluding hydrogens is 340 g/mol. The van der Waals surface area contributed by atoms with E-state index < -0.39 is 0 Å². The van der Waals surface area contributed by atoms with Gasteiger partial charge in [0.2, 0.25) is 0 Å². The van der Waals surface area contributed by atoms with Crippen molar-refractivity contribution in [1.29, 1.82) is 0 Å². The average molecular weight is 366 g/mol. The number of benzene rings is 1. The molecular formula is C21H26N4O2. The van der Waals surface area contributed by atoms with Crippen LogP contribution in [-0.4, -0.2) is 59.0 Å². The summed E-state index contributed by atoms with van der Waals surface area (Å²) in [6.07, 6.45) is 8.16. The van der Waals surface area contributed by atoms with Gasteiger partial charge >= 0.3 is 0 Å². The molecule has 2 saturated heterocycles. The summed E-state index contributed by atoms with van der Waals surface area (Å²) in [5.74, 6) is 0.908. The quantitative estimate of drug-likeness (QED) is 0.832. The maximum Gasteiger partial charge on any atom is 0.274 e. The largest absolute Gasteiger partial charge is 0.497 e. The zero-order chi connectivity index (χ0) is 18.7. The first-order valence-corrected chi connectivity index (χ1v) is 9.58. The van der Waals surface area contributed by atoms with Crippen LogP contribution in [0.15, 0.2) is 42.9 Å². The van der Waals surface area contributed by atoms with Crippen LogP contribution >= 0.6 is 0 Å². The van der Waals surface area contributed by atoms with Crippen molar-refractivity contribution >= 4 is 5.91 Å². The Balaban J connectivity index is 1.41. The van der Waals surface area contributed by atoms with Gasteiger partial charge in [-0.25, -0.2) is 4.98 Å². The zero-order valence-corrected chi connectivity index (χ0v) is 15.8. The van der Waals surface area contributed by atoms with Crippen LogP contribution in [0.1, 0.15) is 35.3 Å². The van der Waals surface area contributed by atoms with Gasteiger partial charge in [-0.2, -0.15) is 0 Å². The number of methoxy groups -OCH3 is 1. The number of rotatable bonds is 4. The molecule has 1 unspecified atom stereocenters. The Hall–Kier alpha value is -2.47. The van der Waals surface area contributed by atoms with Gasteiger partial charge < -0.3 is 9.64 Å². The molecule has 1 spiro atoms. The molecule has 0 radical (unpaired) electrons. The van der Waals surface area contributed by atoms with Crippen LogP contribution in [-0.2, 0) is 6.54 Å². The van der Waals surface area contributed by atoms with Gasteiger partial charge in [0.1, 0.15) is 11.4 Å². The summed E-state index contributed by atoms with van der Waals surface area (Å²) < 4.78 is 5.35. The van der Waals surface area contributed by atoms with Gasteiger partial charge in [-0.1, -0.05) is 12.1 Å². The fourth-order valence-corrected chi connectivity index (χ4v) is 4.49. The van der Waals surface area contributed by atoms with E-state index in [2.05, 4.69) is 27.0 Å². The van der Waals surface area contributed by atoms with E-state index in [1.807, 2.05) is 17.0 Å². The van der Waals surface area contributed by atoms with Crippen molar-refractivity contribution in [1.82, 2.24) is 19.8 Å². The Kier molecular flexibility index (Phi) is 5.07. The van der Waals surface area contributed by atoms with Crippen LogP contribution in [0, 0.1) is 5.41 Å². The molecule has 1 aromatic carbocycles. The summed E-state index contributed by atoms with van der Waals surface area (Å²) in [6, 6.07) is 8.29. The molecule has 2 aliphatic heterocycles. The van der Waals surface area contributed by atoms with Gasteiger partial charge in [0, 0.05) is 44.0 Å². The smallest absolute Gasteiger partial charge is 0.274 e. The van der Waals surface area contributed by atoms with Crippen molar-refractivity contribution in [3.63, 3.8) is 0 Å².